The van der Waals surface area contributed by atoms with Crippen LogP contribution >= 0.6 is 35.0 Å². The molecule has 13 heteroatoms. The molecule has 7 N–H and O–H groups in total. The van der Waals surface area contributed by atoms with Crippen LogP contribution in [0.3, 0.4) is 0 Å². The molecule has 0 spiro atoms. The number of halogens is 3. The van der Waals surface area contributed by atoms with Crippen molar-refractivity contribution in [1.29, 1.82) is 0 Å². The molecule has 160 valence electrons. The minimum Gasteiger partial charge on any atom is -0.316 e. The Labute approximate surface area is 186 Å². The van der Waals surface area contributed by atoms with E-state index in [2.05, 4.69) is 5.32 Å². The van der Waals surface area contributed by atoms with E-state index in [1.165, 1.54) is 6.07 Å². The second-order valence-electron chi connectivity index (χ2n) is 5.46. The molecule has 30 heavy (non-hydrogen) atoms. The maximum Gasteiger partial charge on any atom is 0.331 e. The van der Waals surface area contributed by atoms with Gasteiger partial charge in [0.05, 0.1) is 21.4 Å². The third kappa shape index (κ3) is 7.17. The molecule has 0 aliphatic rings. The minimum absolute atomic E-state index is 0.164. The summed E-state index contributed by atoms with van der Waals surface area (Å²) in [4.78, 5) is 45.7. The number of amides is 4. The summed E-state index contributed by atoms with van der Waals surface area (Å²) >= 11 is 16.5. The Hall–Kier alpha value is -2.89. The maximum atomic E-state index is 11.3. The van der Waals surface area contributed by atoms with Crippen molar-refractivity contribution in [2.45, 2.75) is 6.92 Å². The van der Waals surface area contributed by atoms with Gasteiger partial charge in [-0.1, -0.05) is 47.0 Å². The molecular weight excluding hydrogens is 459 g/mol. The SMILES string of the molecule is Cc1ccc(N(N)C(=O)C(=O)NCl)cc1.NNC(=O)C(=O)Nc1cccc(Cl)c1Cl. The van der Waals surface area contributed by atoms with Gasteiger partial charge in [0.15, 0.2) is 0 Å². The second-order valence-corrected chi connectivity index (χ2v) is 6.44. The lowest BCUT2D eigenvalue weighted by molar-refractivity contribution is -0.136. The van der Waals surface area contributed by atoms with Crippen LogP contribution in [-0.2, 0) is 19.2 Å². The van der Waals surface area contributed by atoms with E-state index in [4.69, 9.17) is 46.7 Å². The van der Waals surface area contributed by atoms with Crippen molar-refractivity contribution >= 4 is 70.0 Å². The Morgan fingerprint density at radius 1 is 0.933 bits per heavy atom. The van der Waals surface area contributed by atoms with E-state index in [-0.39, 0.29) is 15.7 Å². The molecule has 4 amide bonds. The Morgan fingerprint density at radius 3 is 2.07 bits per heavy atom. The zero-order valence-corrected chi connectivity index (χ0v) is 17.7. The van der Waals surface area contributed by atoms with Crippen LogP contribution in [0.4, 0.5) is 11.4 Å². The van der Waals surface area contributed by atoms with E-state index in [9.17, 15) is 19.2 Å². The Bertz CT molecular complexity index is 940. The number of hydrogen-bond donors (Lipinski definition) is 5. The minimum atomic E-state index is -0.972. The first-order valence-electron chi connectivity index (χ1n) is 7.94. The number of hydrogen-bond acceptors (Lipinski definition) is 6. The number of benzene rings is 2. The van der Waals surface area contributed by atoms with E-state index in [1.54, 1.807) is 46.7 Å². The van der Waals surface area contributed by atoms with Crippen molar-refractivity contribution in [3.8, 4) is 0 Å². The molecule has 0 saturated carbocycles. The average Bonchev–Trinajstić information content (AvgIpc) is 2.75. The van der Waals surface area contributed by atoms with Gasteiger partial charge in [-0.05, 0) is 31.2 Å². The van der Waals surface area contributed by atoms with E-state index in [0.717, 1.165) is 10.6 Å². The summed E-state index contributed by atoms with van der Waals surface area (Å²) in [5.74, 6) is 6.43. The summed E-state index contributed by atoms with van der Waals surface area (Å²) in [6.07, 6.45) is 0. The van der Waals surface area contributed by atoms with E-state index in [1.807, 2.05) is 6.92 Å². The highest BCUT2D eigenvalue weighted by molar-refractivity contribution is 6.46. The summed E-state index contributed by atoms with van der Waals surface area (Å²) in [6.45, 7) is 1.90. The highest BCUT2D eigenvalue weighted by Gasteiger charge is 2.19. The van der Waals surface area contributed by atoms with Crippen LogP contribution in [0, 0.1) is 6.92 Å². The highest BCUT2D eigenvalue weighted by Crippen LogP contribution is 2.29. The second kappa shape index (κ2) is 12.0. The Morgan fingerprint density at radius 2 is 1.53 bits per heavy atom. The molecule has 2 aromatic rings. The molecule has 0 saturated heterocycles. The molecule has 0 bridgehead atoms. The van der Waals surface area contributed by atoms with Gasteiger partial charge in [-0.25, -0.2) is 16.7 Å². The van der Waals surface area contributed by atoms with Crippen LogP contribution < -0.4 is 32.3 Å². The van der Waals surface area contributed by atoms with Gasteiger partial charge in [-0.2, -0.15) is 0 Å². The smallest absolute Gasteiger partial charge is 0.316 e. The summed E-state index contributed by atoms with van der Waals surface area (Å²) < 4.78 is 0. The lowest BCUT2D eigenvalue weighted by atomic mass is 10.2. The van der Waals surface area contributed by atoms with Crippen molar-refractivity contribution in [2.24, 2.45) is 11.7 Å². The van der Waals surface area contributed by atoms with Crippen LogP contribution in [0.15, 0.2) is 42.5 Å². The molecule has 0 aliphatic carbocycles. The predicted molar refractivity (Wildman–Crippen MR) is 114 cm³/mol. The van der Waals surface area contributed by atoms with Crippen LogP contribution in [0.1, 0.15) is 5.56 Å². The van der Waals surface area contributed by atoms with Crippen LogP contribution in [0.2, 0.25) is 10.0 Å². The molecule has 0 unspecified atom stereocenters. The molecule has 0 aromatic heterocycles. The van der Waals surface area contributed by atoms with Crippen LogP contribution in [-0.4, -0.2) is 23.6 Å². The molecule has 0 fully saturated rings. The van der Waals surface area contributed by atoms with Crippen molar-refractivity contribution < 1.29 is 19.2 Å². The molecule has 0 radical (unpaired) electrons. The third-order valence-electron chi connectivity index (χ3n) is 3.35. The average molecular weight is 476 g/mol. The fraction of sp³-hybridized carbons (Fsp3) is 0.0588. The van der Waals surface area contributed by atoms with Gasteiger partial charge in [0.2, 0.25) is 0 Å². The Balaban J connectivity index is 0.000000300. The fourth-order valence-electron chi connectivity index (χ4n) is 1.82. The first-order chi connectivity index (χ1) is 14.1. The number of carbonyl (C=O) groups excluding carboxylic acids is 4. The lowest BCUT2D eigenvalue weighted by Crippen LogP contribution is -2.45. The maximum absolute atomic E-state index is 11.3. The molecule has 2 rings (SSSR count). The predicted octanol–water partition coefficient (Wildman–Crippen LogP) is 1.39. The number of nitrogens with two attached hydrogens (primary N) is 2. The number of nitrogens with one attached hydrogen (secondary N) is 3. The quantitative estimate of drug-likeness (QED) is 0.145. The van der Waals surface area contributed by atoms with Crippen molar-refractivity contribution in [2.75, 3.05) is 10.3 Å². The molecule has 2 aromatic carbocycles. The Kier molecular flexibility index (Phi) is 10.0. The topological polar surface area (TPSA) is 160 Å². The van der Waals surface area contributed by atoms with Gasteiger partial charge in [-0.3, -0.25) is 29.4 Å². The van der Waals surface area contributed by atoms with Gasteiger partial charge in [0, 0.05) is 11.8 Å². The van der Waals surface area contributed by atoms with Gasteiger partial charge < -0.3 is 5.32 Å². The van der Waals surface area contributed by atoms with Crippen molar-refractivity contribution in [3.63, 3.8) is 0 Å². The third-order valence-corrected chi connectivity index (χ3v) is 4.34. The number of nitrogens with zero attached hydrogens (tertiary/aromatic N) is 1. The molecule has 0 aliphatic heterocycles. The van der Waals surface area contributed by atoms with Crippen molar-refractivity contribution in [3.05, 3.63) is 58.1 Å². The molecular formula is C17H17Cl3N6O4. The zero-order valence-electron chi connectivity index (χ0n) is 15.4. The summed E-state index contributed by atoms with van der Waals surface area (Å²) in [7, 11) is 0. The molecule has 10 nitrogen and oxygen atoms in total. The van der Waals surface area contributed by atoms with Crippen LogP contribution in [0.5, 0.6) is 0 Å². The van der Waals surface area contributed by atoms with Gasteiger partial charge in [-0.15, -0.1) is 0 Å². The summed E-state index contributed by atoms with van der Waals surface area (Å²) in [5, 5.41) is 3.43. The van der Waals surface area contributed by atoms with Crippen LogP contribution in [0.25, 0.3) is 0 Å². The zero-order chi connectivity index (χ0) is 22.8. The number of anilines is 2. The first-order valence-corrected chi connectivity index (χ1v) is 9.08. The van der Waals surface area contributed by atoms with Crippen molar-refractivity contribution in [1.82, 2.24) is 10.3 Å². The van der Waals surface area contributed by atoms with E-state index >= 15 is 0 Å². The van der Waals surface area contributed by atoms with Gasteiger partial charge in [0.1, 0.15) is 0 Å². The van der Waals surface area contributed by atoms with E-state index < -0.39 is 23.6 Å². The number of hydrazine groups is 2. The standard InChI is InChI=1S/C9H10ClN3O2.C8H7Cl2N3O2/c1-6-2-4-7(5-3-6)13(11)9(15)8(14)12-10;9-4-2-1-3-5(6(4)10)12-7(14)8(15)13-11/h2-5H,11H2,1H3,(H,12,14);1-3H,11H2,(H,12,14)(H,13,15). The van der Waals surface area contributed by atoms with Gasteiger partial charge in [0.25, 0.3) is 0 Å². The first kappa shape index (κ1) is 25.1. The van der Waals surface area contributed by atoms with E-state index in [0.29, 0.717) is 5.69 Å². The largest absolute Gasteiger partial charge is 0.331 e. The molecule has 0 atom stereocenters. The lowest BCUT2D eigenvalue weighted by Gasteiger charge is -2.14. The monoisotopic (exact) mass is 474 g/mol. The molecule has 0 heterocycles. The summed E-state index contributed by atoms with van der Waals surface area (Å²) in [6, 6.07) is 11.5. The summed E-state index contributed by atoms with van der Waals surface area (Å²) in [5.41, 5.74) is 3.39. The number of aryl methyl sites for hydroxylation is 1. The number of carbonyl (C=O) groups is 4. The fourth-order valence-corrected chi connectivity index (χ4v) is 2.25. The highest BCUT2D eigenvalue weighted by atomic mass is 35.5. The normalized spacial score (nSPS) is 9.53. The van der Waals surface area contributed by atoms with Gasteiger partial charge >= 0.3 is 23.6 Å². The number of rotatable bonds is 2.